The van der Waals surface area contributed by atoms with E-state index in [0.29, 0.717) is 10.6 Å². The lowest BCUT2D eigenvalue weighted by atomic mass is 10.1. The largest absolute Gasteiger partial charge is 0.465 e. The number of esters is 1. The highest BCUT2D eigenvalue weighted by atomic mass is 32.1. The van der Waals surface area contributed by atoms with Crippen LogP contribution in [0, 0.1) is 12.7 Å². The van der Waals surface area contributed by atoms with E-state index in [2.05, 4.69) is 10.1 Å². The average Bonchev–Trinajstić information content (AvgIpc) is 2.82. The normalized spacial score (nSPS) is 10.2. The Morgan fingerprint density at radius 3 is 2.71 bits per heavy atom. The van der Waals surface area contributed by atoms with E-state index >= 15 is 0 Å². The molecule has 1 heterocycles. The number of benzene rings is 1. The Labute approximate surface area is 124 Å². The van der Waals surface area contributed by atoms with Crippen LogP contribution in [0.4, 0.5) is 15.8 Å². The van der Waals surface area contributed by atoms with Crippen LogP contribution in [0.5, 0.6) is 0 Å². The molecule has 0 unspecified atom stereocenters. The molecule has 0 aliphatic carbocycles. The van der Waals surface area contributed by atoms with Gasteiger partial charge in [-0.15, -0.1) is 11.3 Å². The molecular weight excluding hydrogens is 295 g/mol. The summed E-state index contributed by atoms with van der Waals surface area (Å²) in [6, 6.07) is 3.77. The molecule has 1 aromatic carbocycles. The minimum absolute atomic E-state index is 0.0338. The highest BCUT2D eigenvalue weighted by molar-refractivity contribution is 7.12. The van der Waals surface area contributed by atoms with Crippen LogP contribution in [-0.4, -0.2) is 19.0 Å². The van der Waals surface area contributed by atoms with E-state index in [1.165, 1.54) is 30.6 Å². The number of hydrogen-bond donors (Lipinski definition) is 2. The van der Waals surface area contributed by atoms with Crippen molar-refractivity contribution in [2.24, 2.45) is 0 Å². The zero-order valence-electron chi connectivity index (χ0n) is 11.4. The molecule has 0 spiro atoms. The number of carbonyl (C=O) groups is 2. The molecule has 0 saturated carbocycles. The lowest BCUT2D eigenvalue weighted by Crippen LogP contribution is -2.15. The van der Waals surface area contributed by atoms with Crippen LogP contribution in [0.25, 0.3) is 0 Å². The maximum Gasteiger partial charge on any atom is 0.350 e. The van der Waals surface area contributed by atoms with Crippen LogP contribution in [-0.2, 0) is 4.74 Å². The smallest absolute Gasteiger partial charge is 0.350 e. The number of anilines is 2. The number of amides is 1. The summed E-state index contributed by atoms with van der Waals surface area (Å²) in [4.78, 5) is 24.0. The summed E-state index contributed by atoms with van der Waals surface area (Å²) >= 11 is 1.17. The van der Waals surface area contributed by atoms with E-state index in [0.717, 1.165) is 11.6 Å². The van der Waals surface area contributed by atoms with Crippen molar-refractivity contribution in [2.75, 3.05) is 18.2 Å². The first kappa shape index (κ1) is 15.0. The average molecular weight is 308 g/mol. The van der Waals surface area contributed by atoms with Gasteiger partial charge in [0.15, 0.2) is 0 Å². The summed E-state index contributed by atoms with van der Waals surface area (Å²) in [7, 11) is 1.26. The number of aryl methyl sites for hydroxylation is 1. The fourth-order valence-electron chi connectivity index (χ4n) is 1.70. The van der Waals surface area contributed by atoms with Gasteiger partial charge in [0.1, 0.15) is 10.7 Å². The molecule has 5 nitrogen and oxygen atoms in total. The van der Waals surface area contributed by atoms with Crippen molar-refractivity contribution in [3.63, 3.8) is 0 Å². The fourth-order valence-corrected chi connectivity index (χ4v) is 2.62. The fraction of sp³-hybridized carbons (Fsp3) is 0.143. The third-order valence-electron chi connectivity index (χ3n) is 2.85. The predicted molar refractivity (Wildman–Crippen MR) is 79.2 cm³/mol. The molecule has 0 radical (unpaired) electrons. The Bertz CT molecular complexity index is 712. The van der Waals surface area contributed by atoms with Gasteiger partial charge in [0.25, 0.3) is 5.91 Å². The number of thiophene rings is 1. The van der Waals surface area contributed by atoms with Crippen molar-refractivity contribution >= 4 is 34.6 Å². The standard InChI is InChI=1S/C14H13FN2O3S/c1-7-6-21-12(14(19)20-2)11(7)17-13(18)8-3-4-10(16)9(15)5-8/h3-6H,16H2,1-2H3,(H,17,18). The zero-order chi connectivity index (χ0) is 15.6. The van der Waals surface area contributed by atoms with Crippen LogP contribution in [0.15, 0.2) is 23.6 Å². The number of nitrogen functional groups attached to an aromatic ring is 1. The van der Waals surface area contributed by atoms with E-state index in [-0.39, 0.29) is 11.3 Å². The van der Waals surface area contributed by atoms with Crippen molar-refractivity contribution in [3.05, 3.63) is 45.4 Å². The van der Waals surface area contributed by atoms with Gasteiger partial charge >= 0.3 is 5.97 Å². The third-order valence-corrected chi connectivity index (χ3v) is 3.92. The number of nitrogens with one attached hydrogen (secondary N) is 1. The van der Waals surface area contributed by atoms with Crippen LogP contribution in [0.3, 0.4) is 0 Å². The summed E-state index contributed by atoms with van der Waals surface area (Å²) in [6.45, 7) is 1.75. The van der Waals surface area contributed by atoms with Gasteiger partial charge in [-0.1, -0.05) is 0 Å². The highest BCUT2D eigenvalue weighted by Crippen LogP contribution is 2.29. The SMILES string of the molecule is COC(=O)c1scc(C)c1NC(=O)c1ccc(N)c(F)c1. The van der Waals surface area contributed by atoms with E-state index in [9.17, 15) is 14.0 Å². The topological polar surface area (TPSA) is 81.4 Å². The Kier molecular flexibility index (Phi) is 4.23. The maximum absolute atomic E-state index is 13.4. The number of halogens is 1. The first-order valence-corrected chi connectivity index (χ1v) is 6.84. The molecule has 1 amide bonds. The summed E-state index contributed by atoms with van der Waals surface area (Å²) < 4.78 is 18.0. The third kappa shape index (κ3) is 3.03. The first-order chi connectivity index (χ1) is 9.93. The Hall–Kier alpha value is -2.41. The van der Waals surface area contributed by atoms with Gasteiger partial charge in [0.05, 0.1) is 18.5 Å². The molecule has 0 bridgehead atoms. The van der Waals surface area contributed by atoms with Crippen LogP contribution >= 0.6 is 11.3 Å². The van der Waals surface area contributed by atoms with Gasteiger partial charge in [-0.2, -0.15) is 0 Å². The van der Waals surface area contributed by atoms with E-state index in [1.807, 2.05) is 0 Å². The predicted octanol–water partition coefficient (Wildman–Crippen LogP) is 2.82. The lowest BCUT2D eigenvalue weighted by Gasteiger charge is -2.08. The summed E-state index contributed by atoms with van der Waals surface area (Å²) in [6.07, 6.45) is 0. The van der Waals surface area contributed by atoms with Crippen LogP contribution < -0.4 is 11.1 Å². The molecule has 110 valence electrons. The molecule has 7 heteroatoms. The second kappa shape index (κ2) is 5.92. The van der Waals surface area contributed by atoms with Crippen molar-refractivity contribution in [1.29, 1.82) is 0 Å². The Balaban J connectivity index is 2.29. The molecule has 0 aliphatic heterocycles. The molecule has 3 N–H and O–H groups in total. The molecule has 0 aliphatic rings. The Morgan fingerprint density at radius 2 is 2.10 bits per heavy atom. The van der Waals surface area contributed by atoms with Crippen molar-refractivity contribution in [2.45, 2.75) is 6.92 Å². The molecule has 2 aromatic rings. The molecule has 0 fully saturated rings. The van der Waals surface area contributed by atoms with Gasteiger partial charge in [-0.3, -0.25) is 4.79 Å². The zero-order valence-corrected chi connectivity index (χ0v) is 12.2. The number of rotatable bonds is 3. The van der Waals surface area contributed by atoms with Gasteiger partial charge in [0.2, 0.25) is 0 Å². The number of nitrogens with two attached hydrogens (primary N) is 1. The highest BCUT2D eigenvalue weighted by Gasteiger charge is 2.19. The quantitative estimate of drug-likeness (QED) is 0.675. The number of methoxy groups -OCH3 is 1. The van der Waals surface area contributed by atoms with Gasteiger partial charge in [0, 0.05) is 5.56 Å². The van der Waals surface area contributed by atoms with Crippen molar-refractivity contribution in [1.82, 2.24) is 0 Å². The Morgan fingerprint density at radius 1 is 1.38 bits per heavy atom. The molecule has 0 atom stereocenters. The van der Waals surface area contributed by atoms with Gasteiger partial charge in [-0.25, -0.2) is 9.18 Å². The minimum Gasteiger partial charge on any atom is -0.465 e. The lowest BCUT2D eigenvalue weighted by molar-refractivity contribution is 0.0607. The molecule has 0 saturated heterocycles. The summed E-state index contributed by atoms with van der Waals surface area (Å²) in [5.41, 5.74) is 6.54. The number of ether oxygens (including phenoxy) is 1. The second-order valence-electron chi connectivity index (χ2n) is 4.30. The van der Waals surface area contributed by atoms with Crippen LogP contribution in [0.1, 0.15) is 25.6 Å². The number of carbonyl (C=O) groups excluding carboxylic acids is 2. The molecule has 21 heavy (non-hydrogen) atoms. The molecule has 2 rings (SSSR count). The molecule has 1 aromatic heterocycles. The van der Waals surface area contributed by atoms with Crippen LogP contribution in [0.2, 0.25) is 0 Å². The first-order valence-electron chi connectivity index (χ1n) is 5.96. The van der Waals surface area contributed by atoms with E-state index < -0.39 is 17.7 Å². The minimum atomic E-state index is -0.669. The van der Waals surface area contributed by atoms with Crippen molar-refractivity contribution in [3.8, 4) is 0 Å². The maximum atomic E-state index is 13.4. The monoisotopic (exact) mass is 308 g/mol. The van der Waals surface area contributed by atoms with Gasteiger partial charge < -0.3 is 15.8 Å². The van der Waals surface area contributed by atoms with Gasteiger partial charge in [-0.05, 0) is 36.1 Å². The number of hydrogen-bond acceptors (Lipinski definition) is 5. The van der Waals surface area contributed by atoms with Crippen molar-refractivity contribution < 1.29 is 18.7 Å². The van der Waals surface area contributed by atoms with E-state index in [1.54, 1.807) is 12.3 Å². The summed E-state index contributed by atoms with van der Waals surface area (Å²) in [5.74, 6) is -1.73. The molecular formula is C14H13FN2O3S. The summed E-state index contributed by atoms with van der Waals surface area (Å²) in [5, 5.41) is 4.33. The second-order valence-corrected chi connectivity index (χ2v) is 5.18. The van der Waals surface area contributed by atoms with E-state index in [4.69, 9.17) is 5.73 Å².